The lowest BCUT2D eigenvalue weighted by molar-refractivity contribution is -0.140. The minimum Gasteiger partial charge on any atom is -0.352 e. The minimum atomic E-state index is -4.15. The molecule has 2 atom stereocenters. The Morgan fingerprint density at radius 2 is 1.47 bits per heavy atom. The second-order valence-electron chi connectivity index (χ2n) is 11.3. The summed E-state index contributed by atoms with van der Waals surface area (Å²) in [5, 5.41) is 3.06. The van der Waals surface area contributed by atoms with E-state index < -0.39 is 28.5 Å². The van der Waals surface area contributed by atoms with E-state index in [1.54, 1.807) is 24.3 Å². The van der Waals surface area contributed by atoms with Crippen molar-refractivity contribution in [1.29, 1.82) is 0 Å². The van der Waals surface area contributed by atoms with E-state index in [0.29, 0.717) is 5.69 Å². The van der Waals surface area contributed by atoms with E-state index in [1.165, 1.54) is 21.3 Å². The Bertz CT molecular complexity index is 1700. The number of nitrogens with zero attached hydrogens (tertiary/aromatic N) is 2. The number of hydrogen-bond donors (Lipinski definition) is 1. The van der Waals surface area contributed by atoms with Gasteiger partial charge in [-0.2, -0.15) is 0 Å². The highest BCUT2D eigenvalue weighted by atomic mass is 79.9. The summed E-state index contributed by atoms with van der Waals surface area (Å²) in [4.78, 5) is 30.1. The molecule has 4 aromatic carbocycles. The van der Waals surface area contributed by atoms with Crippen LogP contribution in [0.2, 0.25) is 0 Å². The normalized spacial score (nSPS) is 12.6. The van der Waals surface area contributed by atoms with Crippen LogP contribution in [0.15, 0.2) is 112 Å². The summed E-state index contributed by atoms with van der Waals surface area (Å²) in [5.74, 6) is -0.778. The van der Waals surface area contributed by atoms with Crippen LogP contribution in [0.4, 0.5) is 5.69 Å². The molecule has 0 aliphatic carbocycles. The first-order chi connectivity index (χ1) is 21.5. The second kappa shape index (κ2) is 15.4. The van der Waals surface area contributed by atoms with Gasteiger partial charge in [0.2, 0.25) is 11.8 Å². The van der Waals surface area contributed by atoms with E-state index in [1.807, 2.05) is 94.4 Å². The third-order valence-electron chi connectivity index (χ3n) is 7.77. The molecule has 0 fully saturated rings. The summed E-state index contributed by atoms with van der Waals surface area (Å²) in [6.07, 6.45) is 0.987. The van der Waals surface area contributed by atoms with Crippen molar-refractivity contribution in [2.24, 2.45) is 0 Å². The van der Waals surface area contributed by atoms with Crippen LogP contribution in [-0.2, 0) is 32.6 Å². The van der Waals surface area contributed by atoms with Gasteiger partial charge in [-0.15, -0.1) is 0 Å². The van der Waals surface area contributed by atoms with E-state index in [2.05, 4.69) is 21.2 Å². The Labute approximate surface area is 275 Å². The topological polar surface area (TPSA) is 86.8 Å². The van der Waals surface area contributed by atoms with Gasteiger partial charge in [0.1, 0.15) is 12.6 Å². The van der Waals surface area contributed by atoms with Crippen LogP contribution in [0.1, 0.15) is 42.5 Å². The predicted molar refractivity (Wildman–Crippen MR) is 183 cm³/mol. The Balaban J connectivity index is 1.82. The van der Waals surface area contributed by atoms with Gasteiger partial charge >= 0.3 is 0 Å². The van der Waals surface area contributed by atoms with Gasteiger partial charge in [0, 0.05) is 23.5 Å². The van der Waals surface area contributed by atoms with Crippen molar-refractivity contribution in [3.05, 3.63) is 130 Å². The fraction of sp³-hybridized carbons (Fsp3) is 0.278. The zero-order chi connectivity index (χ0) is 32.6. The zero-order valence-corrected chi connectivity index (χ0v) is 28.5. The molecule has 0 aliphatic rings. The summed E-state index contributed by atoms with van der Waals surface area (Å²) in [5.41, 5.74) is 3.80. The van der Waals surface area contributed by atoms with Crippen LogP contribution in [-0.4, -0.2) is 43.8 Å². The van der Waals surface area contributed by atoms with Crippen molar-refractivity contribution in [3.63, 3.8) is 0 Å². The molecule has 0 radical (unpaired) electrons. The molecule has 2 amide bonds. The number of aryl methyl sites for hydroxylation is 2. The van der Waals surface area contributed by atoms with E-state index in [4.69, 9.17) is 0 Å². The molecule has 0 saturated carbocycles. The summed E-state index contributed by atoms with van der Waals surface area (Å²) >= 11 is 3.47. The van der Waals surface area contributed by atoms with Gasteiger partial charge in [0.25, 0.3) is 10.0 Å². The Hall–Kier alpha value is -3.95. The van der Waals surface area contributed by atoms with E-state index in [9.17, 15) is 18.0 Å². The average molecular weight is 691 g/mol. The summed E-state index contributed by atoms with van der Waals surface area (Å²) in [6, 6.07) is 29.6. The SMILES string of the molecule is CCC(C)NC(=O)C(Cc1ccccc1)N(Cc1ccc(Br)cc1)C(=O)CN(c1ccc(C)cc1C)S(=O)(=O)c1ccccc1. The molecule has 4 aromatic rings. The highest BCUT2D eigenvalue weighted by Crippen LogP contribution is 2.28. The van der Waals surface area contributed by atoms with E-state index in [0.717, 1.165) is 33.1 Å². The van der Waals surface area contributed by atoms with Crippen LogP contribution < -0.4 is 9.62 Å². The second-order valence-corrected chi connectivity index (χ2v) is 14.1. The zero-order valence-electron chi connectivity index (χ0n) is 26.1. The summed E-state index contributed by atoms with van der Waals surface area (Å²) < 4.78 is 30.4. The Kier molecular flexibility index (Phi) is 11.6. The number of anilines is 1. The molecule has 0 aromatic heterocycles. The number of benzene rings is 4. The Morgan fingerprint density at radius 3 is 2.07 bits per heavy atom. The van der Waals surface area contributed by atoms with Crippen molar-refractivity contribution < 1.29 is 18.0 Å². The van der Waals surface area contributed by atoms with Gasteiger partial charge in [0.15, 0.2) is 0 Å². The van der Waals surface area contributed by atoms with Gasteiger partial charge < -0.3 is 10.2 Å². The molecular formula is C36H40BrN3O4S. The number of nitrogens with one attached hydrogen (secondary N) is 1. The third kappa shape index (κ3) is 8.83. The van der Waals surface area contributed by atoms with Gasteiger partial charge in [0.05, 0.1) is 10.6 Å². The molecule has 0 saturated heterocycles. The molecule has 7 nitrogen and oxygen atoms in total. The lowest BCUT2D eigenvalue weighted by atomic mass is 10.0. The molecule has 45 heavy (non-hydrogen) atoms. The molecule has 2 unspecified atom stereocenters. The predicted octanol–water partition coefficient (Wildman–Crippen LogP) is 6.82. The third-order valence-corrected chi connectivity index (χ3v) is 10.1. The minimum absolute atomic E-state index is 0.0765. The standard InChI is InChI=1S/C36H40BrN3O4S/c1-5-28(4)38-36(42)34(23-29-12-8-6-9-13-29)39(24-30-17-19-31(37)20-18-30)35(41)25-40(33-21-16-26(2)22-27(33)3)45(43,44)32-14-10-7-11-15-32/h6-22,28,34H,5,23-25H2,1-4H3,(H,38,42). The fourth-order valence-electron chi connectivity index (χ4n) is 5.10. The fourth-order valence-corrected chi connectivity index (χ4v) is 6.86. The number of rotatable bonds is 13. The molecule has 1 N–H and O–H groups in total. The van der Waals surface area contributed by atoms with Gasteiger partial charge in [-0.05, 0) is 74.2 Å². The van der Waals surface area contributed by atoms with Crippen LogP contribution >= 0.6 is 15.9 Å². The van der Waals surface area contributed by atoms with Gasteiger partial charge in [-0.3, -0.25) is 13.9 Å². The molecule has 0 spiro atoms. The van der Waals surface area contributed by atoms with Crippen LogP contribution in [0, 0.1) is 13.8 Å². The number of amides is 2. The molecule has 0 aliphatic heterocycles. The van der Waals surface area contributed by atoms with Crippen LogP contribution in [0.5, 0.6) is 0 Å². The van der Waals surface area contributed by atoms with E-state index in [-0.39, 0.29) is 29.8 Å². The van der Waals surface area contributed by atoms with Crippen molar-refractivity contribution >= 4 is 43.5 Å². The number of halogens is 1. The molecular weight excluding hydrogens is 650 g/mol. The van der Waals surface area contributed by atoms with Crippen molar-refractivity contribution in [3.8, 4) is 0 Å². The van der Waals surface area contributed by atoms with Crippen molar-refractivity contribution in [2.75, 3.05) is 10.8 Å². The van der Waals surface area contributed by atoms with Crippen molar-refractivity contribution in [2.45, 2.75) is 64.1 Å². The van der Waals surface area contributed by atoms with Gasteiger partial charge in [-0.25, -0.2) is 8.42 Å². The molecule has 9 heteroatoms. The quantitative estimate of drug-likeness (QED) is 0.167. The van der Waals surface area contributed by atoms with E-state index >= 15 is 0 Å². The first-order valence-electron chi connectivity index (χ1n) is 15.0. The molecule has 0 heterocycles. The van der Waals surface area contributed by atoms with Crippen LogP contribution in [0.3, 0.4) is 0 Å². The highest BCUT2D eigenvalue weighted by molar-refractivity contribution is 9.10. The lowest BCUT2D eigenvalue weighted by Crippen LogP contribution is -2.54. The smallest absolute Gasteiger partial charge is 0.264 e. The summed E-state index contributed by atoms with van der Waals surface area (Å²) in [6.45, 7) is 7.30. The Morgan fingerprint density at radius 1 is 0.844 bits per heavy atom. The van der Waals surface area contributed by atoms with Crippen LogP contribution in [0.25, 0.3) is 0 Å². The van der Waals surface area contributed by atoms with Gasteiger partial charge in [-0.1, -0.05) is 101 Å². The number of carbonyl (C=O) groups is 2. The average Bonchev–Trinajstić information content (AvgIpc) is 3.03. The number of sulfonamides is 1. The largest absolute Gasteiger partial charge is 0.352 e. The maximum atomic E-state index is 14.6. The van der Waals surface area contributed by atoms with Crippen molar-refractivity contribution in [1.82, 2.24) is 10.2 Å². The first-order valence-corrected chi connectivity index (χ1v) is 17.3. The molecule has 236 valence electrons. The number of hydrogen-bond acceptors (Lipinski definition) is 4. The summed E-state index contributed by atoms with van der Waals surface area (Å²) in [7, 11) is -4.15. The monoisotopic (exact) mass is 689 g/mol. The first kappa shape index (κ1) is 33.9. The maximum Gasteiger partial charge on any atom is 0.264 e. The molecule has 4 rings (SSSR count). The highest BCUT2D eigenvalue weighted by Gasteiger charge is 2.35. The maximum absolute atomic E-state index is 14.6. The lowest BCUT2D eigenvalue weighted by Gasteiger charge is -2.34. The number of carbonyl (C=O) groups excluding carboxylic acids is 2. The molecule has 0 bridgehead atoms.